The normalized spacial score (nSPS) is 22.3. The van der Waals surface area contributed by atoms with Crippen molar-refractivity contribution >= 4 is 28.6 Å². The third-order valence-corrected chi connectivity index (χ3v) is 6.38. The molecule has 0 aromatic carbocycles. The molecule has 1 aliphatic heterocycles. The molecule has 0 radical (unpaired) electrons. The monoisotopic (exact) mass is 349 g/mol. The first-order chi connectivity index (χ1) is 11.2. The summed E-state index contributed by atoms with van der Waals surface area (Å²) in [5.41, 5.74) is 1.46. The number of hydrogen-bond donors (Lipinski definition) is 1. The number of carboxylic acids is 1. The lowest BCUT2D eigenvalue weighted by atomic mass is 9.99. The molecular weight excluding hydrogens is 330 g/mol. The Kier molecular flexibility index (Phi) is 4.17. The highest BCUT2D eigenvalue weighted by Gasteiger charge is 2.28. The third kappa shape index (κ3) is 3.46. The SMILES string of the molecule is O=C(O)c1csc(C2CCCN(Cc3nc(C4CC4)cs3)C2)n1. The molecule has 3 heterocycles. The van der Waals surface area contributed by atoms with Crippen LogP contribution in [0.15, 0.2) is 10.8 Å². The summed E-state index contributed by atoms with van der Waals surface area (Å²) in [5, 5.41) is 15.1. The average Bonchev–Trinajstić information content (AvgIpc) is 3.09. The van der Waals surface area contributed by atoms with Crippen molar-refractivity contribution < 1.29 is 9.90 Å². The van der Waals surface area contributed by atoms with Gasteiger partial charge in [0.15, 0.2) is 5.69 Å². The van der Waals surface area contributed by atoms with Crippen LogP contribution in [0.1, 0.15) is 63.7 Å². The van der Waals surface area contributed by atoms with E-state index in [1.807, 2.05) is 0 Å². The predicted molar refractivity (Wildman–Crippen MR) is 90.4 cm³/mol. The largest absolute Gasteiger partial charge is 0.476 e. The van der Waals surface area contributed by atoms with E-state index in [2.05, 4.69) is 15.3 Å². The van der Waals surface area contributed by atoms with Gasteiger partial charge in [-0.1, -0.05) is 0 Å². The number of nitrogens with zero attached hydrogens (tertiary/aromatic N) is 3. The van der Waals surface area contributed by atoms with Crippen molar-refractivity contribution in [3.8, 4) is 0 Å². The van der Waals surface area contributed by atoms with Gasteiger partial charge in [0.2, 0.25) is 0 Å². The maximum atomic E-state index is 11.0. The number of hydrogen-bond acceptors (Lipinski definition) is 6. The molecule has 2 aromatic rings. The Morgan fingerprint density at radius 3 is 2.83 bits per heavy atom. The van der Waals surface area contributed by atoms with Gasteiger partial charge in [0.1, 0.15) is 5.01 Å². The van der Waals surface area contributed by atoms with E-state index in [-0.39, 0.29) is 5.69 Å². The zero-order valence-corrected chi connectivity index (χ0v) is 14.4. The lowest BCUT2D eigenvalue weighted by molar-refractivity contribution is 0.0691. The van der Waals surface area contributed by atoms with Crippen molar-refractivity contribution in [2.45, 2.75) is 44.1 Å². The Morgan fingerprint density at radius 1 is 1.22 bits per heavy atom. The number of likely N-dealkylation sites (tertiary alicyclic amines) is 1. The first-order valence-electron chi connectivity index (χ1n) is 8.04. The summed E-state index contributed by atoms with van der Waals surface area (Å²) in [7, 11) is 0. The van der Waals surface area contributed by atoms with Crippen molar-refractivity contribution in [3.63, 3.8) is 0 Å². The average molecular weight is 349 g/mol. The Labute approximate surface area is 143 Å². The summed E-state index contributed by atoms with van der Waals surface area (Å²) in [6.07, 6.45) is 4.82. The maximum Gasteiger partial charge on any atom is 0.355 e. The van der Waals surface area contributed by atoms with E-state index in [1.54, 1.807) is 16.7 Å². The molecule has 7 heteroatoms. The van der Waals surface area contributed by atoms with Crippen LogP contribution >= 0.6 is 22.7 Å². The van der Waals surface area contributed by atoms with Gasteiger partial charge in [0.05, 0.1) is 17.2 Å². The Morgan fingerprint density at radius 2 is 2.09 bits per heavy atom. The minimum absolute atomic E-state index is 0.177. The molecule has 1 aliphatic carbocycles. The predicted octanol–water partition coefficient (Wildman–Crippen LogP) is 3.55. The van der Waals surface area contributed by atoms with Gasteiger partial charge in [-0.15, -0.1) is 22.7 Å². The Hall–Kier alpha value is -1.31. The van der Waals surface area contributed by atoms with Crippen LogP contribution in [0.5, 0.6) is 0 Å². The minimum atomic E-state index is -0.935. The second-order valence-corrected chi connectivity index (χ2v) is 8.22. The van der Waals surface area contributed by atoms with Crippen LogP contribution in [0.3, 0.4) is 0 Å². The molecule has 1 saturated heterocycles. The first-order valence-corrected chi connectivity index (χ1v) is 9.80. The van der Waals surface area contributed by atoms with Crippen molar-refractivity contribution in [2.75, 3.05) is 13.1 Å². The molecule has 4 rings (SSSR count). The Bertz CT molecular complexity index is 708. The van der Waals surface area contributed by atoms with Crippen molar-refractivity contribution in [2.24, 2.45) is 0 Å². The zero-order valence-electron chi connectivity index (χ0n) is 12.8. The standard InChI is InChI=1S/C16H19N3O2S2/c20-16(21)13-9-23-15(18-13)11-2-1-5-19(6-11)7-14-17-12(8-22-14)10-3-4-10/h8-11H,1-7H2,(H,20,21). The van der Waals surface area contributed by atoms with Crippen LogP contribution in [0.25, 0.3) is 0 Å². The van der Waals surface area contributed by atoms with E-state index in [4.69, 9.17) is 10.1 Å². The summed E-state index contributed by atoms with van der Waals surface area (Å²) in [4.78, 5) is 22.5. The van der Waals surface area contributed by atoms with E-state index in [0.29, 0.717) is 5.92 Å². The first kappa shape index (κ1) is 15.2. The van der Waals surface area contributed by atoms with E-state index in [9.17, 15) is 4.79 Å². The van der Waals surface area contributed by atoms with Crippen LogP contribution in [-0.2, 0) is 6.54 Å². The van der Waals surface area contributed by atoms with E-state index >= 15 is 0 Å². The van der Waals surface area contributed by atoms with Gasteiger partial charge in [-0.2, -0.15) is 0 Å². The lowest BCUT2D eigenvalue weighted by Crippen LogP contribution is -2.33. The maximum absolute atomic E-state index is 11.0. The summed E-state index contributed by atoms with van der Waals surface area (Å²) in [5.74, 6) is 0.138. The quantitative estimate of drug-likeness (QED) is 0.894. The van der Waals surface area contributed by atoms with Gasteiger partial charge < -0.3 is 5.11 Å². The van der Waals surface area contributed by atoms with Gasteiger partial charge in [-0.05, 0) is 32.2 Å². The summed E-state index contributed by atoms with van der Waals surface area (Å²) in [6, 6.07) is 0. The van der Waals surface area contributed by atoms with Gasteiger partial charge in [0.25, 0.3) is 0 Å². The summed E-state index contributed by atoms with van der Waals surface area (Å²) >= 11 is 3.25. The third-order valence-electron chi connectivity index (χ3n) is 4.52. The number of piperidine rings is 1. The molecule has 2 aromatic heterocycles. The molecule has 5 nitrogen and oxygen atoms in total. The minimum Gasteiger partial charge on any atom is -0.476 e. The van der Waals surface area contributed by atoms with Crippen LogP contribution in [0, 0.1) is 0 Å². The topological polar surface area (TPSA) is 66.3 Å². The van der Waals surface area contributed by atoms with Gasteiger partial charge in [0, 0.05) is 29.1 Å². The Balaban J connectivity index is 1.40. The highest BCUT2D eigenvalue weighted by Crippen LogP contribution is 2.40. The molecule has 0 amide bonds. The molecule has 0 spiro atoms. The fraction of sp³-hybridized carbons (Fsp3) is 0.562. The molecule has 2 aliphatic rings. The van der Waals surface area contributed by atoms with Crippen LogP contribution < -0.4 is 0 Å². The fourth-order valence-electron chi connectivity index (χ4n) is 3.13. The molecule has 122 valence electrons. The van der Waals surface area contributed by atoms with Gasteiger partial charge in [-0.3, -0.25) is 4.90 Å². The van der Waals surface area contributed by atoms with Gasteiger partial charge >= 0.3 is 5.97 Å². The van der Waals surface area contributed by atoms with Crippen molar-refractivity contribution in [3.05, 3.63) is 32.2 Å². The zero-order chi connectivity index (χ0) is 15.8. The smallest absolute Gasteiger partial charge is 0.355 e. The second-order valence-electron chi connectivity index (χ2n) is 6.39. The summed E-state index contributed by atoms with van der Waals surface area (Å²) in [6.45, 7) is 2.95. The lowest BCUT2D eigenvalue weighted by Gasteiger charge is -2.31. The molecule has 1 N–H and O–H groups in total. The number of carbonyl (C=O) groups is 1. The number of aromatic nitrogens is 2. The van der Waals surface area contributed by atoms with Crippen molar-refractivity contribution in [1.29, 1.82) is 0 Å². The molecule has 2 fully saturated rings. The molecule has 23 heavy (non-hydrogen) atoms. The van der Waals surface area contributed by atoms with Crippen LogP contribution in [0.2, 0.25) is 0 Å². The van der Waals surface area contributed by atoms with E-state index in [0.717, 1.165) is 43.4 Å². The number of carboxylic acid groups (broad SMARTS) is 1. The number of aromatic carboxylic acids is 1. The second kappa shape index (κ2) is 6.30. The van der Waals surface area contributed by atoms with Gasteiger partial charge in [-0.25, -0.2) is 14.8 Å². The molecular formula is C16H19N3O2S2. The van der Waals surface area contributed by atoms with Crippen LogP contribution in [-0.4, -0.2) is 39.0 Å². The van der Waals surface area contributed by atoms with E-state index < -0.39 is 5.97 Å². The highest BCUT2D eigenvalue weighted by molar-refractivity contribution is 7.10. The molecule has 1 unspecified atom stereocenters. The van der Waals surface area contributed by atoms with Crippen LogP contribution in [0.4, 0.5) is 0 Å². The molecule has 0 bridgehead atoms. The summed E-state index contributed by atoms with van der Waals surface area (Å²) < 4.78 is 0. The number of thiazole rings is 2. The van der Waals surface area contributed by atoms with E-state index in [1.165, 1.54) is 34.9 Å². The molecule has 1 saturated carbocycles. The highest BCUT2D eigenvalue weighted by atomic mass is 32.1. The number of rotatable bonds is 5. The van der Waals surface area contributed by atoms with Crippen molar-refractivity contribution in [1.82, 2.24) is 14.9 Å². The molecule has 1 atom stereocenters. The fourth-order valence-corrected chi connectivity index (χ4v) is 4.97.